The summed E-state index contributed by atoms with van der Waals surface area (Å²) < 4.78 is 2.14. The van der Waals surface area contributed by atoms with E-state index >= 15 is 0 Å². The van der Waals surface area contributed by atoms with Gasteiger partial charge in [0.05, 0.1) is 16.9 Å². The maximum absolute atomic E-state index is 12.0. The number of amides is 2. The van der Waals surface area contributed by atoms with Crippen LogP contribution in [0.1, 0.15) is 28.1 Å². The van der Waals surface area contributed by atoms with E-state index in [1.807, 2.05) is 19.9 Å². The number of halogens is 1. The molecule has 3 rings (SSSR count). The zero-order valence-electron chi connectivity index (χ0n) is 17.3. The summed E-state index contributed by atoms with van der Waals surface area (Å²) >= 11 is 5.98. The third-order valence-corrected chi connectivity index (χ3v) is 5.09. The van der Waals surface area contributed by atoms with Gasteiger partial charge in [0, 0.05) is 22.6 Å². The number of benzene rings is 2. The number of rotatable bonds is 4. The number of carbonyl (C=O) groups excluding carboxylic acids is 2. The third-order valence-electron chi connectivity index (χ3n) is 4.76. The highest BCUT2D eigenvalue weighted by Gasteiger charge is 2.15. The number of nitrogens with one attached hydrogen (secondary N) is 2. The normalized spacial score (nSPS) is 11.0. The zero-order chi connectivity index (χ0) is 21.8. The van der Waals surface area contributed by atoms with E-state index in [0.717, 1.165) is 22.6 Å². The van der Waals surface area contributed by atoms with E-state index in [1.54, 1.807) is 24.3 Å². The Morgan fingerprint density at radius 2 is 1.73 bits per heavy atom. The van der Waals surface area contributed by atoms with E-state index in [9.17, 15) is 9.59 Å². The maximum Gasteiger partial charge on any atom is 0.329 e. The molecule has 0 aliphatic carbocycles. The van der Waals surface area contributed by atoms with Crippen molar-refractivity contribution in [1.29, 1.82) is 0 Å². The van der Waals surface area contributed by atoms with Gasteiger partial charge >= 0.3 is 11.8 Å². The van der Waals surface area contributed by atoms with Crippen LogP contribution in [0.4, 0.5) is 5.69 Å². The molecule has 0 fully saturated rings. The first kappa shape index (κ1) is 21.3. The molecule has 0 aliphatic rings. The minimum Gasteiger partial charge on any atom is -0.318 e. The number of nitrogens with zero attached hydrogens (tertiary/aromatic N) is 2. The van der Waals surface area contributed by atoms with Crippen LogP contribution in [-0.4, -0.2) is 22.6 Å². The second-order valence-electron chi connectivity index (χ2n) is 7.08. The number of hydrogen-bond donors (Lipinski definition) is 2. The average Bonchev–Trinajstić information content (AvgIpc) is 2.97. The summed E-state index contributed by atoms with van der Waals surface area (Å²) in [5.41, 5.74) is 8.96. The number of carbonyl (C=O) groups is 2. The molecule has 0 unspecified atom stereocenters. The Labute approximate surface area is 180 Å². The van der Waals surface area contributed by atoms with Gasteiger partial charge in [-0.25, -0.2) is 5.43 Å². The van der Waals surface area contributed by atoms with E-state index in [-0.39, 0.29) is 0 Å². The molecule has 154 valence electrons. The fourth-order valence-electron chi connectivity index (χ4n) is 3.30. The molecule has 0 bridgehead atoms. The van der Waals surface area contributed by atoms with Crippen LogP contribution in [0.25, 0.3) is 5.69 Å². The van der Waals surface area contributed by atoms with E-state index in [1.165, 1.54) is 17.3 Å². The van der Waals surface area contributed by atoms with E-state index in [2.05, 4.69) is 52.5 Å². The Hall–Kier alpha value is -3.38. The van der Waals surface area contributed by atoms with Gasteiger partial charge < -0.3 is 9.88 Å². The third kappa shape index (κ3) is 4.60. The van der Waals surface area contributed by atoms with Crippen molar-refractivity contribution in [2.75, 3.05) is 5.32 Å². The summed E-state index contributed by atoms with van der Waals surface area (Å²) in [5.74, 6) is -1.73. The molecule has 1 heterocycles. The maximum atomic E-state index is 12.0. The predicted octanol–water partition coefficient (Wildman–Crippen LogP) is 4.45. The SMILES string of the molecule is Cc1ccc(-n2c(C)cc(/C=N\NC(=O)C(=O)Nc3ccccc3Cl)c2C)c(C)c1. The Kier molecular flexibility index (Phi) is 6.37. The van der Waals surface area contributed by atoms with E-state index in [4.69, 9.17) is 11.6 Å². The molecule has 0 aliphatic heterocycles. The van der Waals surface area contributed by atoms with Crippen molar-refractivity contribution in [1.82, 2.24) is 9.99 Å². The summed E-state index contributed by atoms with van der Waals surface area (Å²) in [6.07, 6.45) is 1.53. The Morgan fingerprint density at radius 3 is 2.43 bits per heavy atom. The van der Waals surface area contributed by atoms with Crippen LogP contribution >= 0.6 is 11.6 Å². The molecule has 6 nitrogen and oxygen atoms in total. The number of anilines is 1. The minimum absolute atomic E-state index is 0.348. The largest absolute Gasteiger partial charge is 0.329 e. The summed E-state index contributed by atoms with van der Waals surface area (Å²) in [6, 6.07) is 15.0. The van der Waals surface area contributed by atoms with Gasteiger partial charge in [-0.3, -0.25) is 9.59 Å². The number of aryl methyl sites for hydroxylation is 3. The molecule has 0 radical (unpaired) electrons. The van der Waals surface area contributed by atoms with E-state index in [0.29, 0.717) is 10.7 Å². The number of hydrazone groups is 1. The summed E-state index contributed by atoms with van der Waals surface area (Å²) in [7, 11) is 0. The first-order valence-corrected chi connectivity index (χ1v) is 9.81. The minimum atomic E-state index is -0.880. The summed E-state index contributed by atoms with van der Waals surface area (Å²) in [5, 5.41) is 6.74. The molecule has 2 aromatic carbocycles. The highest BCUT2D eigenvalue weighted by molar-refractivity contribution is 6.41. The van der Waals surface area contributed by atoms with Crippen molar-refractivity contribution in [2.24, 2.45) is 5.10 Å². The molecule has 2 N–H and O–H groups in total. The first-order valence-electron chi connectivity index (χ1n) is 9.43. The Bertz CT molecular complexity index is 1150. The molecule has 3 aromatic rings. The monoisotopic (exact) mass is 422 g/mol. The van der Waals surface area contributed by atoms with Gasteiger partial charge in [0.15, 0.2) is 0 Å². The van der Waals surface area contributed by atoms with Crippen LogP contribution < -0.4 is 10.7 Å². The quantitative estimate of drug-likeness (QED) is 0.370. The average molecular weight is 423 g/mol. The molecule has 2 amide bonds. The molecule has 7 heteroatoms. The molecule has 0 saturated heterocycles. The van der Waals surface area contributed by atoms with Crippen molar-refractivity contribution in [3.8, 4) is 5.69 Å². The van der Waals surface area contributed by atoms with Gasteiger partial charge in [-0.15, -0.1) is 0 Å². The van der Waals surface area contributed by atoms with Gasteiger partial charge in [0.2, 0.25) is 0 Å². The van der Waals surface area contributed by atoms with Gasteiger partial charge in [-0.2, -0.15) is 5.10 Å². The van der Waals surface area contributed by atoms with Crippen molar-refractivity contribution < 1.29 is 9.59 Å². The highest BCUT2D eigenvalue weighted by Crippen LogP contribution is 2.23. The van der Waals surface area contributed by atoms with Crippen LogP contribution in [0.2, 0.25) is 5.02 Å². The topological polar surface area (TPSA) is 75.5 Å². The fourth-order valence-corrected chi connectivity index (χ4v) is 3.48. The second-order valence-corrected chi connectivity index (χ2v) is 7.49. The van der Waals surface area contributed by atoms with Crippen molar-refractivity contribution in [3.05, 3.63) is 81.6 Å². The van der Waals surface area contributed by atoms with Gasteiger partial charge in [0.25, 0.3) is 0 Å². The van der Waals surface area contributed by atoms with Crippen molar-refractivity contribution in [2.45, 2.75) is 27.7 Å². The van der Waals surface area contributed by atoms with Crippen LogP contribution in [0.3, 0.4) is 0 Å². The standard InChI is InChI=1S/C23H23ClN4O2/c1-14-9-10-21(15(2)11-14)28-16(3)12-18(17(28)4)13-25-27-23(30)22(29)26-20-8-6-5-7-19(20)24/h5-13H,1-4H3,(H,26,29)(H,27,30)/b25-13-. The molecule has 0 atom stereocenters. The van der Waals surface area contributed by atoms with Crippen LogP contribution in [0, 0.1) is 27.7 Å². The van der Waals surface area contributed by atoms with Crippen molar-refractivity contribution in [3.63, 3.8) is 0 Å². The molecule has 30 heavy (non-hydrogen) atoms. The molecule has 0 spiro atoms. The Morgan fingerprint density at radius 1 is 1.00 bits per heavy atom. The molecular weight excluding hydrogens is 400 g/mol. The van der Waals surface area contributed by atoms with Gasteiger partial charge in [-0.05, 0) is 57.5 Å². The van der Waals surface area contributed by atoms with Crippen LogP contribution in [-0.2, 0) is 9.59 Å². The van der Waals surface area contributed by atoms with E-state index < -0.39 is 11.8 Å². The molecule has 0 saturated carbocycles. The van der Waals surface area contributed by atoms with Crippen molar-refractivity contribution >= 4 is 35.3 Å². The Balaban J connectivity index is 1.71. The lowest BCUT2D eigenvalue weighted by atomic mass is 10.1. The molecule has 1 aromatic heterocycles. The number of para-hydroxylation sites is 1. The summed E-state index contributed by atoms with van der Waals surface area (Å²) in [4.78, 5) is 24.0. The van der Waals surface area contributed by atoms with Crippen LogP contribution in [0.15, 0.2) is 53.6 Å². The van der Waals surface area contributed by atoms with Crippen LogP contribution in [0.5, 0.6) is 0 Å². The zero-order valence-corrected chi connectivity index (χ0v) is 18.0. The molecular formula is C23H23ClN4O2. The lowest BCUT2D eigenvalue weighted by Crippen LogP contribution is -2.32. The second kappa shape index (κ2) is 8.97. The predicted molar refractivity (Wildman–Crippen MR) is 121 cm³/mol. The summed E-state index contributed by atoms with van der Waals surface area (Å²) in [6.45, 7) is 8.14. The first-order chi connectivity index (χ1) is 14.3. The smallest absolute Gasteiger partial charge is 0.318 e. The fraction of sp³-hybridized carbons (Fsp3) is 0.174. The van der Waals surface area contributed by atoms with Gasteiger partial charge in [-0.1, -0.05) is 41.4 Å². The lowest BCUT2D eigenvalue weighted by molar-refractivity contribution is -0.136. The number of aromatic nitrogens is 1. The highest BCUT2D eigenvalue weighted by atomic mass is 35.5. The lowest BCUT2D eigenvalue weighted by Gasteiger charge is -2.13. The number of hydrogen-bond acceptors (Lipinski definition) is 3. The van der Waals surface area contributed by atoms with Gasteiger partial charge in [0.1, 0.15) is 0 Å².